The lowest BCUT2D eigenvalue weighted by Gasteiger charge is -2.19. The van der Waals surface area contributed by atoms with Crippen LogP contribution in [0.5, 0.6) is 11.8 Å². The lowest BCUT2D eigenvalue weighted by Crippen LogP contribution is -2.19. The van der Waals surface area contributed by atoms with Crippen molar-refractivity contribution >= 4 is 5.82 Å². The molecule has 142 valence electrons. The number of methoxy groups -OCH3 is 1. The lowest BCUT2D eigenvalue weighted by atomic mass is 10.0. The number of rotatable bonds is 9. The molecule has 0 spiro atoms. The quantitative estimate of drug-likeness (QED) is 0.716. The monoisotopic (exact) mass is 358 g/mol. The number of anilines is 1. The number of pyridine rings is 1. The summed E-state index contributed by atoms with van der Waals surface area (Å²) >= 11 is 0. The Kier molecular flexibility index (Phi) is 7.18. The Morgan fingerprint density at radius 3 is 2.42 bits per heavy atom. The largest absolute Gasteiger partial charge is 0.478 e. The minimum atomic E-state index is 0.349. The predicted molar refractivity (Wildman–Crippen MR) is 105 cm³/mol. The second-order valence-electron chi connectivity index (χ2n) is 6.14. The van der Waals surface area contributed by atoms with Gasteiger partial charge in [-0.2, -0.15) is 0 Å². The van der Waals surface area contributed by atoms with Crippen molar-refractivity contribution in [1.29, 1.82) is 0 Å². The molecule has 0 aliphatic heterocycles. The van der Waals surface area contributed by atoms with Crippen molar-refractivity contribution in [3.05, 3.63) is 23.5 Å². The van der Waals surface area contributed by atoms with Gasteiger partial charge in [-0.15, -0.1) is 0 Å². The average Bonchev–Trinajstić information content (AvgIpc) is 2.66. The van der Waals surface area contributed by atoms with E-state index in [1.54, 1.807) is 7.11 Å². The zero-order valence-electron chi connectivity index (χ0n) is 16.7. The van der Waals surface area contributed by atoms with E-state index in [-0.39, 0.29) is 0 Å². The van der Waals surface area contributed by atoms with E-state index in [1.165, 1.54) is 0 Å². The van der Waals surface area contributed by atoms with Gasteiger partial charge < -0.3 is 14.8 Å². The van der Waals surface area contributed by atoms with Crippen LogP contribution in [0.3, 0.4) is 0 Å². The third-order valence-corrected chi connectivity index (χ3v) is 4.45. The first-order valence-corrected chi connectivity index (χ1v) is 9.38. The molecule has 0 aromatic carbocycles. The molecule has 1 N–H and O–H groups in total. The van der Waals surface area contributed by atoms with Crippen LogP contribution in [0.4, 0.5) is 5.82 Å². The van der Waals surface area contributed by atoms with Crippen molar-refractivity contribution in [2.24, 2.45) is 0 Å². The SMILES string of the molecule is CCOc1cc(CC)c(-c2nc(OC)c(NC(CC)CC)nc2C)cn1. The fraction of sp³-hybridized carbons (Fsp3) is 0.550. The Morgan fingerprint density at radius 1 is 1.12 bits per heavy atom. The van der Waals surface area contributed by atoms with Crippen LogP contribution < -0.4 is 14.8 Å². The highest BCUT2D eigenvalue weighted by Crippen LogP contribution is 2.31. The van der Waals surface area contributed by atoms with Gasteiger partial charge in [-0.25, -0.2) is 15.0 Å². The molecule has 6 heteroatoms. The minimum absolute atomic E-state index is 0.349. The number of nitrogens with zero attached hydrogens (tertiary/aromatic N) is 3. The van der Waals surface area contributed by atoms with Gasteiger partial charge in [0.25, 0.3) is 5.88 Å². The summed E-state index contributed by atoms with van der Waals surface area (Å²) in [6, 6.07) is 2.32. The number of aromatic nitrogens is 3. The van der Waals surface area contributed by atoms with E-state index in [0.717, 1.165) is 41.8 Å². The molecule has 0 amide bonds. The first-order valence-electron chi connectivity index (χ1n) is 9.38. The molecule has 0 aliphatic rings. The molecular weight excluding hydrogens is 328 g/mol. The molecule has 0 saturated carbocycles. The van der Waals surface area contributed by atoms with Crippen LogP contribution in [0.2, 0.25) is 0 Å². The van der Waals surface area contributed by atoms with Crippen LogP contribution in [0.25, 0.3) is 11.3 Å². The smallest absolute Gasteiger partial charge is 0.257 e. The Balaban J connectivity index is 2.47. The van der Waals surface area contributed by atoms with Gasteiger partial charge >= 0.3 is 0 Å². The van der Waals surface area contributed by atoms with Crippen LogP contribution in [-0.4, -0.2) is 34.7 Å². The fourth-order valence-electron chi connectivity index (χ4n) is 2.89. The van der Waals surface area contributed by atoms with Crippen LogP contribution in [-0.2, 0) is 6.42 Å². The van der Waals surface area contributed by atoms with Crippen molar-refractivity contribution in [2.75, 3.05) is 19.0 Å². The molecule has 0 saturated heterocycles. The third kappa shape index (κ3) is 4.42. The molecule has 26 heavy (non-hydrogen) atoms. The number of hydrogen-bond acceptors (Lipinski definition) is 6. The molecule has 0 unspecified atom stereocenters. The van der Waals surface area contributed by atoms with Crippen LogP contribution in [0.1, 0.15) is 51.8 Å². The Morgan fingerprint density at radius 2 is 1.85 bits per heavy atom. The third-order valence-electron chi connectivity index (χ3n) is 4.45. The van der Waals surface area contributed by atoms with Gasteiger partial charge in [0.05, 0.1) is 25.1 Å². The maximum absolute atomic E-state index is 5.52. The van der Waals surface area contributed by atoms with Crippen molar-refractivity contribution in [2.45, 2.75) is 59.9 Å². The number of nitrogens with one attached hydrogen (secondary N) is 1. The predicted octanol–water partition coefficient (Wildman–Crippen LogP) is 4.42. The summed E-state index contributed by atoms with van der Waals surface area (Å²) in [5, 5.41) is 3.44. The molecule has 2 rings (SSSR count). The van der Waals surface area contributed by atoms with Gasteiger partial charge in [-0.05, 0) is 38.7 Å². The summed E-state index contributed by atoms with van der Waals surface area (Å²) < 4.78 is 11.0. The molecule has 0 radical (unpaired) electrons. The number of hydrogen-bond donors (Lipinski definition) is 1. The van der Waals surface area contributed by atoms with E-state index in [0.29, 0.717) is 30.2 Å². The standard InChI is InChI=1S/C20H30N4O2/c1-7-14-11-17(26-10-4)21-12-16(14)18-13(5)22-19(20(24-18)25-6)23-15(8-2)9-3/h11-12,15H,7-10H2,1-6H3,(H,22,23). The summed E-state index contributed by atoms with van der Waals surface area (Å²) in [6.45, 7) is 10.9. The van der Waals surface area contributed by atoms with Crippen LogP contribution in [0, 0.1) is 6.92 Å². The first-order chi connectivity index (χ1) is 12.6. The molecule has 2 aromatic heterocycles. The fourth-order valence-corrected chi connectivity index (χ4v) is 2.89. The van der Waals surface area contributed by atoms with E-state index < -0.39 is 0 Å². The summed E-state index contributed by atoms with van der Waals surface area (Å²) in [5.74, 6) is 1.84. The van der Waals surface area contributed by atoms with Gasteiger partial charge in [-0.3, -0.25) is 0 Å². The molecule has 0 aliphatic carbocycles. The van der Waals surface area contributed by atoms with Crippen molar-refractivity contribution < 1.29 is 9.47 Å². The second-order valence-corrected chi connectivity index (χ2v) is 6.14. The van der Waals surface area contributed by atoms with E-state index >= 15 is 0 Å². The van der Waals surface area contributed by atoms with E-state index in [2.05, 4.69) is 31.1 Å². The molecule has 0 atom stereocenters. The topological polar surface area (TPSA) is 69.2 Å². The molecule has 0 fully saturated rings. The molecule has 0 bridgehead atoms. The number of ether oxygens (including phenoxy) is 2. The van der Waals surface area contributed by atoms with Crippen LogP contribution >= 0.6 is 0 Å². The Hall–Kier alpha value is -2.37. The van der Waals surface area contributed by atoms with E-state index in [9.17, 15) is 0 Å². The van der Waals surface area contributed by atoms with Crippen molar-refractivity contribution in [1.82, 2.24) is 15.0 Å². The normalized spacial score (nSPS) is 10.9. The van der Waals surface area contributed by atoms with Gasteiger partial charge in [0.1, 0.15) is 0 Å². The van der Waals surface area contributed by atoms with E-state index in [4.69, 9.17) is 19.4 Å². The Labute approximate surface area is 156 Å². The zero-order chi connectivity index (χ0) is 19.1. The van der Waals surface area contributed by atoms with E-state index in [1.807, 2.05) is 26.1 Å². The van der Waals surface area contributed by atoms with Crippen LogP contribution in [0.15, 0.2) is 12.3 Å². The summed E-state index contributed by atoms with van der Waals surface area (Å²) in [5.41, 5.74) is 3.74. The minimum Gasteiger partial charge on any atom is -0.478 e. The molecule has 2 heterocycles. The zero-order valence-corrected chi connectivity index (χ0v) is 16.7. The lowest BCUT2D eigenvalue weighted by molar-refractivity contribution is 0.326. The number of aryl methyl sites for hydroxylation is 2. The molecular formula is C20H30N4O2. The first kappa shape index (κ1) is 19.9. The highest BCUT2D eigenvalue weighted by atomic mass is 16.5. The van der Waals surface area contributed by atoms with Gasteiger partial charge in [0.15, 0.2) is 5.82 Å². The average molecular weight is 358 g/mol. The summed E-state index contributed by atoms with van der Waals surface area (Å²) in [7, 11) is 1.62. The van der Waals surface area contributed by atoms with Gasteiger partial charge in [-0.1, -0.05) is 20.8 Å². The van der Waals surface area contributed by atoms with Gasteiger partial charge in [0.2, 0.25) is 5.88 Å². The summed E-state index contributed by atoms with van der Waals surface area (Å²) in [4.78, 5) is 13.9. The van der Waals surface area contributed by atoms with Gasteiger partial charge in [0, 0.05) is 23.9 Å². The Bertz CT molecular complexity index is 730. The van der Waals surface area contributed by atoms with Crippen molar-refractivity contribution in [3.63, 3.8) is 0 Å². The summed E-state index contributed by atoms with van der Waals surface area (Å²) in [6.07, 6.45) is 4.71. The molecule has 6 nitrogen and oxygen atoms in total. The maximum Gasteiger partial charge on any atom is 0.257 e. The highest BCUT2D eigenvalue weighted by Gasteiger charge is 2.18. The highest BCUT2D eigenvalue weighted by molar-refractivity contribution is 5.68. The second kappa shape index (κ2) is 9.36. The molecule has 2 aromatic rings. The maximum atomic E-state index is 5.52. The van der Waals surface area contributed by atoms with Crippen molar-refractivity contribution in [3.8, 4) is 23.0 Å².